The number of rotatable bonds is 5. The number of aliphatic hydroxyl groups is 1. The van der Waals surface area contributed by atoms with E-state index in [2.05, 4.69) is 10.3 Å². The Labute approximate surface area is 139 Å². The number of H-pyrrole nitrogens is 1. The summed E-state index contributed by atoms with van der Waals surface area (Å²) in [4.78, 5) is 14.1. The highest BCUT2D eigenvalue weighted by atomic mass is 16.3. The molecule has 0 amide bonds. The molecule has 0 spiro atoms. The van der Waals surface area contributed by atoms with Gasteiger partial charge in [-0.15, -0.1) is 0 Å². The molecule has 0 saturated heterocycles. The highest BCUT2D eigenvalue weighted by Gasteiger charge is 2.15. The zero-order valence-corrected chi connectivity index (χ0v) is 13.4. The quantitative estimate of drug-likeness (QED) is 0.581. The Bertz CT molecular complexity index is 890. The lowest BCUT2D eigenvalue weighted by molar-refractivity contribution is 0.172. The number of phenols is 1. The number of hydrogen-bond acceptors (Lipinski definition) is 4. The number of nitrogens with one attached hydrogen (secondary N) is 2. The summed E-state index contributed by atoms with van der Waals surface area (Å²) in [7, 11) is 0. The second-order valence-electron chi connectivity index (χ2n) is 5.84. The average Bonchev–Trinajstić information content (AvgIpc) is 2.61. The van der Waals surface area contributed by atoms with Crippen LogP contribution < -0.4 is 10.9 Å². The molecule has 2 aromatic carbocycles. The predicted octanol–water partition coefficient (Wildman–Crippen LogP) is 2.62. The first kappa shape index (κ1) is 16.2. The summed E-state index contributed by atoms with van der Waals surface area (Å²) in [5.74, 6) is -0.00994. The van der Waals surface area contributed by atoms with Crippen molar-refractivity contribution in [2.75, 3.05) is 6.54 Å². The van der Waals surface area contributed by atoms with Crippen LogP contribution in [0.1, 0.15) is 30.2 Å². The lowest BCUT2D eigenvalue weighted by atomic mass is 10.0. The van der Waals surface area contributed by atoms with Crippen LogP contribution in [0.2, 0.25) is 0 Å². The molecular formula is C19H20N2O3. The van der Waals surface area contributed by atoms with Gasteiger partial charge in [0.1, 0.15) is 5.75 Å². The van der Waals surface area contributed by atoms with Crippen molar-refractivity contribution < 1.29 is 10.2 Å². The third-order valence-corrected chi connectivity index (χ3v) is 4.18. The first-order valence-electron chi connectivity index (χ1n) is 7.87. The zero-order valence-electron chi connectivity index (χ0n) is 13.4. The van der Waals surface area contributed by atoms with Gasteiger partial charge in [0.15, 0.2) is 0 Å². The normalized spacial score (nSPS) is 13.8. The molecule has 0 aliphatic heterocycles. The van der Waals surface area contributed by atoms with Crippen LogP contribution in [0.5, 0.6) is 5.75 Å². The molecule has 2 atom stereocenters. The molecule has 1 heterocycles. The highest BCUT2D eigenvalue weighted by Crippen LogP contribution is 2.28. The maximum absolute atomic E-state index is 11.4. The maximum atomic E-state index is 11.4. The van der Waals surface area contributed by atoms with Crippen LogP contribution in [0.3, 0.4) is 0 Å². The molecule has 5 nitrogen and oxygen atoms in total. The third-order valence-electron chi connectivity index (χ3n) is 4.18. The number of hydrogen-bond donors (Lipinski definition) is 4. The smallest absolute Gasteiger partial charge is 0.248 e. The molecule has 0 bridgehead atoms. The Balaban J connectivity index is 1.80. The number of phenolic OH excluding ortho intramolecular Hbond substituents is 1. The van der Waals surface area contributed by atoms with Crippen molar-refractivity contribution in [1.29, 1.82) is 0 Å². The molecule has 2 unspecified atom stereocenters. The molecule has 5 heteroatoms. The average molecular weight is 324 g/mol. The van der Waals surface area contributed by atoms with Crippen molar-refractivity contribution in [2.24, 2.45) is 0 Å². The van der Waals surface area contributed by atoms with Gasteiger partial charge in [0, 0.05) is 24.0 Å². The van der Waals surface area contributed by atoms with Crippen LogP contribution in [0, 0.1) is 0 Å². The number of aromatic hydroxyl groups is 1. The fourth-order valence-corrected chi connectivity index (χ4v) is 2.81. The minimum absolute atomic E-state index is 0.00994. The fraction of sp³-hybridized carbons (Fsp3) is 0.211. The summed E-state index contributed by atoms with van der Waals surface area (Å²) < 4.78 is 0. The summed E-state index contributed by atoms with van der Waals surface area (Å²) in [6, 6.07) is 16.3. The Morgan fingerprint density at radius 3 is 2.58 bits per heavy atom. The van der Waals surface area contributed by atoms with E-state index in [0.29, 0.717) is 23.0 Å². The van der Waals surface area contributed by atoms with Crippen molar-refractivity contribution in [3.63, 3.8) is 0 Å². The van der Waals surface area contributed by atoms with Crippen LogP contribution in [0.15, 0.2) is 59.4 Å². The van der Waals surface area contributed by atoms with Crippen molar-refractivity contribution in [3.05, 3.63) is 76.1 Å². The molecule has 0 aliphatic carbocycles. The van der Waals surface area contributed by atoms with E-state index in [4.69, 9.17) is 0 Å². The summed E-state index contributed by atoms with van der Waals surface area (Å²) in [5.41, 5.74) is 1.85. The van der Waals surface area contributed by atoms with E-state index in [0.717, 1.165) is 5.56 Å². The Kier molecular flexibility index (Phi) is 4.64. The predicted molar refractivity (Wildman–Crippen MR) is 94.1 cm³/mol. The van der Waals surface area contributed by atoms with Gasteiger partial charge in [-0.3, -0.25) is 4.79 Å². The summed E-state index contributed by atoms with van der Waals surface area (Å²) in [5, 5.41) is 24.4. The highest BCUT2D eigenvalue weighted by molar-refractivity contribution is 5.87. The molecule has 124 valence electrons. The Morgan fingerprint density at radius 1 is 1.08 bits per heavy atom. The first-order valence-corrected chi connectivity index (χ1v) is 7.87. The molecule has 0 fully saturated rings. The van der Waals surface area contributed by atoms with Gasteiger partial charge in [-0.25, -0.2) is 0 Å². The molecule has 3 rings (SSSR count). The van der Waals surface area contributed by atoms with Gasteiger partial charge in [-0.2, -0.15) is 0 Å². The molecular weight excluding hydrogens is 304 g/mol. The lowest BCUT2D eigenvalue weighted by Gasteiger charge is -2.19. The van der Waals surface area contributed by atoms with Gasteiger partial charge in [0.05, 0.1) is 11.6 Å². The van der Waals surface area contributed by atoms with Gasteiger partial charge in [-0.1, -0.05) is 36.4 Å². The van der Waals surface area contributed by atoms with E-state index in [1.54, 1.807) is 12.1 Å². The van der Waals surface area contributed by atoms with Crippen molar-refractivity contribution >= 4 is 10.9 Å². The molecule has 4 N–H and O–H groups in total. The minimum Gasteiger partial charge on any atom is -0.506 e. The van der Waals surface area contributed by atoms with Crippen molar-refractivity contribution in [2.45, 2.75) is 19.1 Å². The Morgan fingerprint density at radius 2 is 1.83 bits per heavy atom. The van der Waals surface area contributed by atoms with Gasteiger partial charge in [-0.05, 0) is 30.2 Å². The van der Waals surface area contributed by atoms with E-state index in [1.807, 2.05) is 37.3 Å². The monoisotopic (exact) mass is 324 g/mol. The summed E-state index contributed by atoms with van der Waals surface area (Å²) >= 11 is 0. The zero-order chi connectivity index (χ0) is 17.1. The van der Waals surface area contributed by atoms with Crippen LogP contribution in [-0.4, -0.2) is 21.7 Å². The second-order valence-corrected chi connectivity index (χ2v) is 5.84. The first-order chi connectivity index (χ1) is 11.6. The lowest BCUT2D eigenvalue weighted by Crippen LogP contribution is -2.24. The SMILES string of the molecule is CC(NCC(O)c1ccc(O)c2[nH]c(=O)ccc12)c1ccccc1. The van der Waals surface area contributed by atoms with Crippen LogP contribution >= 0.6 is 0 Å². The van der Waals surface area contributed by atoms with E-state index in [1.165, 1.54) is 12.1 Å². The van der Waals surface area contributed by atoms with Gasteiger partial charge in [0.25, 0.3) is 0 Å². The molecule has 3 aromatic rings. The van der Waals surface area contributed by atoms with Crippen LogP contribution in [-0.2, 0) is 0 Å². The topological polar surface area (TPSA) is 85.3 Å². The number of aromatic amines is 1. The summed E-state index contributed by atoms with van der Waals surface area (Å²) in [6.07, 6.45) is -0.759. The van der Waals surface area contributed by atoms with Gasteiger partial charge < -0.3 is 20.5 Å². The fourth-order valence-electron chi connectivity index (χ4n) is 2.81. The largest absolute Gasteiger partial charge is 0.506 e. The van der Waals surface area contributed by atoms with E-state index < -0.39 is 6.10 Å². The number of aromatic nitrogens is 1. The summed E-state index contributed by atoms with van der Waals surface area (Å²) in [6.45, 7) is 2.39. The van der Waals surface area contributed by atoms with Gasteiger partial charge >= 0.3 is 0 Å². The van der Waals surface area contributed by atoms with Crippen LogP contribution in [0.4, 0.5) is 0 Å². The van der Waals surface area contributed by atoms with Crippen molar-refractivity contribution in [1.82, 2.24) is 10.3 Å². The van der Waals surface area contributed by atoms with Crippen LogP contribution in [0.25, 0.3) is 10.9 Å². The second kappa shape index (κ2) is 6.86. The minimum atomic E-state index is -0.759. The number of aliphatic hydroxyl groups excluding tert-OH is 1. The Hall–Kier alpha value is -2.63. The standard InChI is InChI=1S/C19H20N2O3/c1-12(13-5-3-2-4-6-13)20-11-17(23)14-7-9-16(22)19-15(14)8-10-18(24)21-19/h2-10,12,17,20,22-23H,11H2,1H3,(H,21,24). The van der Waals surface area contributed by atoms with E-state index in [-0.39, 0.29) is 17.4 Å². The molecule has 1 aromatic heterocycles. The number of pyridine rings is 1. The van der Waals surface area contributed by atoms with Gasteiger partial charge in [0.2, 0.25) is 5.56 Å². The molecule has 24 heavy (non-hydrogen) atoms. The molecule has 0 radical (unpaired) electrons. The van der Waals surface area contributed by atoms with Crippen molar-refractivity contribution in [3.8, 4) is 5.75 Å². The van der Waals surface area contributed by atoms with E-state index in [9.17, 15) is 15.0 Å². The maximum Gasteiger partial charge on any atom is 0.248 e. The molecule has 0 saturated carbocycles. The number of benzene rings is 2. The van der Waals surface area contributed by atoms with E-state index >= 15 is 0 Å². The number of fused-ring (bicyclic) bond motifs is 1. The molecule has 0 aliphatic rings. The third kappa shape index (κ3) is 3.32.